The number of anilines is 2. The molecule has 2 aromatic heterocycles. The zero-order chi connectivity index (χ0) is 24.0. The summed E-state index contributed by atoms with van der Waals surface area (Å²) >= 11 is 0. The Morgan fingerprint density at radius 3 is 2.39 bits per heavy atom. The molecular weight excluding hydrogens is 471 g/mol. The average molecular weight is 484 g/mol. The molecule has 0 amide bonds. The molecule has 0 unspecified atom stereocenters. The van der Waals surface area contributed by atoms with E-state index in [1.165, 1.54) is 12.1 Å². The lowest BCUT2D eigenvalue weighted by molar-refractivity contribution is -0.0500. The number of aromatic nitrogens is 3. The molecule has 0 aliphatic carbocycles. The fourth-order valence-corrected chi connectivity index (χ4v) is 3.48. The zero-order valence-corrected chi connectivity index (χ0v) is 17.4. The third kappa shape index (κ3) is 4.58. The van der Waals surface area contributed by atoms with Crippen molar-refractivity contribution in [1.82, 2.24) is 15.2 Å². The Kier molecular flexibility index (Phi) is 5.44. The van der Waals surface area contributed by atoms with Gasteiger partial charge in [0.1, 0.15) is 23.2 Å². The molecule has 13 heteroatoms. The molecule has 4 rings (SSSR count). The second-order valence-electron chi connectivity index (χ2n) is 6.91. The van der Waals surface area contributed by atoms with Gasteiger partial charge in [0.2, 0.25) is 0 Å². The highest BCUT2D eigenvalue weighted by atomic mass is 32.2. The molecule has 0 atom stereocenters. The Morgan fingerprint density at radius 2 is 1.76 bits per heavy atom. The van der Waals surface area contributed by atoms with E-state index in [1.807, 2.05) is 0 Å². The van der Waals surface area contributed by atoms with E-state index >= 15 is 0 Å². The SMILES string of the molecule is Cc1cc(Nc2cc3cc(OS(=O)(=O)C(F)(F)F)ccc3c(-c3ccc(F)cc3F)n2)n[nH]1. The van der Waals surface area contributed by atoms with Gasteiger partial charge in [-0.3, -0.25) is 5.10 Å². The molecule has 2 N–H and O–H groups in total. The first kappa shape index (κ1) is 22.5. The van der Waals surface area contributed by atoms with Gasteiger partial charge < -0.3 is 9.50 Å². The number of hydrogen-bond acceptors (Lipinski definition) is 6. The maximum Gasteiger partial charge on any atom is 0.534 e. The van der Waals surface area contributed by atoms with Crippen molar-refractivity contribution in [3.8, 4) is 17.0 Å². The van der Waals surface area contributed by atoms with Crippen molar-refractivity contribution in [3.05, 3.63) is 65.9 Å². The number of nitrogens with zero attached hydrogens (tertiary/aromatic N) is 2. The highest BCUT2D eigenvalue weighted by Gasteiger charge is 2.48. The van der Waals surface area contributed by atoms with E-state index in [1.54, 1.807) is 13.0 Å². The lowest BCUT2D eigenvalue weighted by Gasteiger charge is -2.13. The molecule has 7 nitrogen and oxygen atoms in total. The smallest absolute Gasteiger partial charge is 0.376 e. The maximum atomic E-state index is 14.5. The van der Waals surface area contributed by atoms with Gasteiger partial charge in [-0.05, 0) is 48.7 Å². The highest BCUT2D eigenvalue weighted by Crippen LogP contribution is 2.35. The number of pyridine rings is 1. The van der Waals surface area contributed by atoms with E-state index < -0.39 is 33.0 Å². The predicted molar refractivity (Wildman–Crippen MR) is 109 cm³/mol. The van der Waals surface area contributed by atoms with Crippen LogP contribution >= 0.6 is 0 Å². The summed E-state index contributed by atoms with van der Waals surface area (Å²) in [6.07, 6.45) is 0. The predicted octanol–water partition coefficient (Wildman–Crippen LogP) is 5.18. The third-order valence-corrected chi connectivity index (χ3v) is 5.42. The lowest BCUT2D eigenvalue weighted by Crippen LogP contribution is -2.28. The number of benzene rings is 2. The first-order valence-electron chi connectivity index (χ1n) is 9.13. The Balaban J connectivity index is 1.87. The number of aromatic amines is 1. The van der Waals surface area contributed by atoms with Crippen molar-refractivity contribution in [2.24, 2.45) is 0 Å². The molecule has 0 radical (unpaired) electrons. The van der Waals surface area contributed by atoms with Crippen molar-refractivity contribution < 1.29 is 34.6 Å². The molecule has 0 aliphatic heterocycles. The summed E-state index contributed by atoms with van der Waals surface area (Å²) in [6.45, 7) is 1.75. The van der Waals surface area contributed by atoms with Crippen molar-refractivity contribution in [2.75, 3.05) is 5.32 Å². The first-order valence-corrected chi connectivity index (χ1v) is 10.5. The monoisotopic (exact) mass is 484 g/mol. The Hall–Kier alpha value is -3.74. The van der Waals surface area contributed by atoms with Gasteiger partial charge in [-0.1, -0.05) is 0 Å². The van der Waals surface area contributed by atoms with Crippen LogP contribution in [0.25, 0.3) is 22.0 Å². The molecule has 0 fully saturated rings. The lowest BCUT2D eigenvalue weighted by atomic mass is 10.0. The number of hydrogen-bond donors (Lipinski definition) is 2. The Morgan fingerprint density at radius 1 is 1.00 bits per heavy atom. The summed E-state index contributed by atoms with van der Waals surface area (Å²) in [4.78, 5) is 4.34. The minimum absolute atomic E-state index is 0.0324. The van der Waals surface area contributed by atoms with Gasteiger partial charge in [0.05, 0.1) is 5.69 Å². The number of aryl methyl sites for hydroxylation is 1. The average Bonchev–Trinajstić information content (AvgIpc) is 3.10. The van der Waals surface area contributed by atoms with E-state index in [4.69, 9.17) is 0 Å². The second-order valence-corrected chi connectivity index (χ2v) is 8.45. The molecular formula is C20H13F5N4O3S. The number of nitrogens with one attached hydrogen (secondary N) is 2. The summed E-state index contributed by atoms with van der Waals surface area (Å²) in [5, 5.41) is 9.97. The van der Waals surface area contributed by atoms with E-state index in [-0.39, 0.29) is 27.8 Å². The normalized spacial score (nSPS) is 12.2. The fourth-order valence-electron chi connectivity index (χ4n) is 3.03. The largest absolute Gasteiger partial charge is 0.534 e. The minimum Gasteiger partial charge on any atom is -0.376 e. The van der Waals surface area contributed by atoms with Crippen LogP contribution in [0.4, 0.5) is 33.6 Å². The van der Waals surface area contributed by atoms with Crippen molar-refractivity contribution in [2.45, 2.75) is 12.4 Å². The molecule has 0 spiro atoms. The van der Waals surface area contributed by atoms with Gasteiger partial charge in [-0.2, -0.15) is 26.7 Å². The summed E-state index contributed by atoms with van der Waals surface area (Å²) in [5.41, 5.74) is -4.95. The van der Waals surface area contributed by atoms with Crippen LogP contribution in [-0.2, 0) is 10.1 Å². The van der Waals surface area contributed by atoms with E-state index in [2.05, 4.69) is 24.7 Å². The van der Waals surface area contributed by atoms with Crippen LogP contribution < -0.4 is 9.50 Å². The molecule has 0 aliphatic rings. The zero-order valence-electron chi connectivity index (χ0n) is 16.5. The highest BCUT2D eigenvalue weighted by molar-refractivity contribution is 7.88. The number of rotatable bonds is 5. The topological polar surface area (TPSA) is 97.0 Å². The van der Waals surface area contributed by atoms with Crippen LogP contribution in [0.2, 0.25) is 0 Å². The quantitative estimate of drug-likeness (QED) is 0.230. The summed E-state index contributed by atoms with van der Waals surface area (Å²) in [5.74, 6) is -1.88. The Bertz CT molecular complexity index is 1470. The van der Waals surface area contributed by atoms with Gasteiger partial charge in [0.15, 0.2) is 5.82 Å². The van der Waals surface area contributed by atoms with Gasteiger partial charge in [-0.25, -0.2) is 13.8 Å². The minimum atomic E-state index is -5.90. The molecule has 33 heavy (non-hydrogen) atoms. The summed E-state index contributed by atoms with van der Waals surface area (Å²) in [7, 11) is -5.90. The second kappa shape index (κ2) is 7.99. The van der Waals surface area contributed by atoms with Gasteiger partial charge in [0, 0.05) is 28.8 Å². The van der Waals surface area contributed by atoms with E-state index in [9.17, 15) is 30.4 Å². The van der Waals surface area contributed by atoms with E-state index in [0.717, 1.165) is 30.0 Å². The molecule has 0 saturated heterocycles. The van der Waals surface area contributed by atoms with Crippen LogP contribution in [0, 0.1) is 18.6 Å². The molecule has 2 heterocycles. The molecule has 0 bridgehead atoms. The number of H-pyrrole nitrogens is 1. The van der Waals surface area contributed by atoms with Crippen LogP contribution in [0.1, 0.15) is 5.69 Å². The van der Waals surface area contributed by atoms with Crippen molar-refractivity contribution in [3.63, 3.8) is 0 Å². The van der Waals surface area contributed by atoms with Gasteiger partial charge in [0.25, 0.3) is 0 Å². The Labute approximate surface area is 183 Å². The van der Waals surface area contributed by atoms with Gasteiger partial charge in [-0.15, -0.1) is 0 Å². The number of alkyl halides is 3. The number of halogens is 5. The van der Waals surface area contributed by atoms with E-state index in [0.29, 0.717) is 11.9 Å². The third-order valence-electron chi connectivity index (χ3n) is 4.44. The van der Waals surface area contributed by atoms with Crippen LogP contribution in [0.3, 0.4) is 0 Å². The van der Waals surface area contributed by atoms with Crippen LogP contribution in [-0.4, -0.2) is 29.1 Å². The maximum absolute atomic E-state index is 14.5. The fraction of sp³-hybridized carbons (Fsp3) is 0.100. The first-order chi connectivity index (χ1) is 15.4. The van der Waals surface area contributed by atoms with Crippen molar-refractivity contribution in [1.29, 1.82) is 0 Å². The molecule has 172 valence electrons. The van der Waals surface area contributed by atoms with Crippen LogP contribution in [0.15, 0.2) is 48.5 Å². The summed E-state index contributed by atoms with van der Waals surface area (Å²) in [6, 6.07) is 9.10. The van der Waals surface area contributed by atoms with Crippen LogP contribution in [0.5, 0.6) is 5.75 Å². The standard InChI is InChI=1S/C20H13F5N4O3S/c1-10-6-18(29-28-10)26-17-8-11-7-13(32-33(30,31)20(23,24)25)3-5-14(11)19(27-17)15-4-2-12(21)9-16(15)22/h2-9H,1H3,(H2,26,27,28,29). The molecule has 0 saturated carbocycles. The summed E-state index contributed by atoms with van der Waals surface area (Å²) < 4.78 is 92.9. The number of fused-ring (bicyclic) bond motifs is 1. The van der Waals surface area contributed by atoms with Crippen molar-refractivity contribution >= 4 is 32.5 Å². The molecule has 4 aromatic rings. The van der Waals surface area contributed by atoms with Gasteiger partial charge >= 0.3 is 15.6 Å². The molecule has 2 aromatic carbocycles.